The predicted octanol–water partition coefficient (Wildman–Crippen LogP) is 3.43. The van der Waals surface area contributed by atoms with Crippen molar-refractivity contribution in [3.8, 4) is 5.69 Å². The summed E-state index contributed by atoms with van der Waals surface area (Å²) in [7, 11) is 0. The van der Waals surface area contributed by atoms with Gasteiger partial charge in [-0.3, -0.25) is 14.9 Å². The van der Waals surface area contributed by atoms with Crippen molar-refractivity contribution in [2.75, 3.05) is 0 Å². The third-order valence-corrected chi connectivity index (χ3v) is 7.49. The topological polar surface area (TPSA) is 103 Å². The van der Waals surface area contributed by atoms with Crippen LogP contribution in [0.1, 0.15) is 56.2 Å². The third-order valence-electron chi connectivity index (χ3n) is 7.49. The van der Waals surface area contributed by atoms with E-state index in [4.69, 9.17) is 0 Å². The first-order chi connectivity index (χ1) is 13.1. The van der Waals surface area contributed by atoms with Crippen molar-refractivity contribution in [3.63, 3.8) is 0 Å². The molecule has 2 saturated carbocycles. The lowest BCUT2D eigenvalue weighted by Crippen LogP contribution is -2.47. The van der Waals surface area contributed by atoms with Crippen molar-refractivity contribution in [1.82, 2.24) is 20.3 Å². The van der Waals surface area contributed by atoms with Crippen molar-refractivity contribution >= 4 is 11.6 Å². The molecular weight excluding hydrogens is 358 g/mol. The zero-order valence-corrected chi connectivity index (χ0v) is 16.6. The van der Waals surface area contributed by atoms with Gasteiger partial charge in [0, 0.05) is 18.2 Å². The Bertz CT molecular complexity index is 967. The lowest BCUT2D eigenvalue weighted by Gasteiger charge is -2.39. The number of rotatable bonds is 4. The maximum absolute atomic E-state index is 12.9. The van der Waals surface area contributed by atoms with Gasteiger partial charge < -0.3 is 5.32 Å². The smallest absolute Gasteiger partial charge is 0.274 e. The normalized spacial score (nSPS) is 27.7. The van der Waals surface area contributed by atoms with Crippen molar-refractivity contribution in [1.29, 1.82) is 0 Å². The number of fused-ring (bicyclic) bond motifs is 2. The van der Waals surface area contributed by atoms with Gasteiger partial charge in [-0.05, 0) is 49.0 Å². The van der Waals surface area contributed by atoms with Crippen LogP contribution in [0.5, 0.6) is 0 Å². The Morgan fingerprint density at radius 2 is 2.11 bits per heavy atom. The zero-order chi connectivity index (χ0) is 20.3. The summed E-state index contributed by atoms with van der Waals surface area (Å²) in [6.45, 7) is 8.64. The van der Waals surface area contributed by atoms with E-state index in [9.17, 15) is 14.9 Å². The van der Waals surface area contributed by atoms with Crippen LogP contribution in [0.2, 0.25) is 0 Å². The van der Waals surface area contributed by atoms with Crippen LogP contribution in [0.3, 0.4) is 0 Å². The van der Waals surface area contributed by atoms with Crippen LogP contribution in [0.25, 0.3) is 5.69 Å². The van der Waals surface area contributed by atoms with Crippen LogP contribution in [0, 0.1) is 33.8 Å². The summed E-state index contributed by atoms with van der Waals surface area (Å²) < 4.78 is 1.47. The molecule has 8 nitrogen and oxygen atoms in total. The molecule has 1 aromatic heterocycles. The predicted molar refractivity (Wildman–Crippen MR) is 103 cm³/mol. The lowest BCUT2D eigenvalue weighted by molar-refractivity contribution is -0.384. The number of nitro groups is 1. The van der Waals surface area contributed by atoms with E-state index >= 15 is 0 Å². The molecule has 0 aliphatic heterocycles. The van der Waals surface area contributed by atoms with E-state index in [0.717, 1.165) is 12.8 Å². The van der Waals surface area contributed by atoms with Crippen molar-refractivity contribution in [2.24, 2.45) is 16.7 Å². The maximum atomic E-state index is 12.9. The first kappa shape index (κ1) is 18.6. The zero-order valence-electron chi connectivity index (χ0n) is 16.6. The van der Waals surface area contributed by atoms with Crippen molar-refractivity contribution < 1.29 is 9.72 Å². The summed E-state index contributed by atoms with van der Waals surface area (Å²) in [4.78, 5) is 23.5. The van der Waals surface area contributed by atoms with E-state index in [2.05, 4.69) is 36.4 Å². The molecule has 2 aromatic rings. The highest BCUT2D eigenvalue weighted by molar-refractivity contribution is 5.93. The van der Waals surface area contributed by atoms with Gasteiger partial charge in [-0.25, -0.2) is 4.68 Å². The van der Waals surface area contributed by atoms with Gasteiger partial charge in [0.25, 0.3) is 11.6 Å². The number of aromatic nitrogens is 3. The van der Waals surface area contributed by atoms with Crippen molar-refractivity contribution in [2.45, 2.75) is 53.0 Å². The van der Waals surface area contributed by atoms with E-state index in [-0.39, 0.29) is 34.2 Å². The molecule has 148 valence electrons. The van der Waals surface area contributed by atoms with Crippen molar-refractivity contribution in [3.05, 3.63) is 45.8 Å². The molecule has 1 aromatic carbocycles. The molecule has 3 unspecified atom stereocenters. The first-order valence-electron chi connectivity index (χ1n) is 9.63. The summed E-state index contributed by atoms with van der Waals surface area (Å²) >= 11 is 0. The average molecular weight is 383 g/mol. The molecule has 0 saturated heterocycles. The molecule has 2 bridgehead atoms. The standard InChI is InChI=1S/C20H25N5O3/c1-12-17(22-23-24(12)14-6-5-7-15(11-14)25(27)28)18(26)21-16-10-13-8-9-20(16,4)19(13,2)3/h5-7,11,13,16H,8-10H2,1-4H3,(H,21,26). The van der Waals surface area contributed by atoms with Gasteiger partial charge in [0.05, 0.1) is 16.3 Å². The quantitative estimate of drug-likeness (QED) is 0.643. The minimum atomic E-state index is -0.457. The summed E-state index contributed by atoms with van der Waals surface area (Å²) in [5, 5.41) is 22.3. The fourth-order valence-corrected chi connectivity index (χ4v) is 5.17. The number of nitrogens with zero attached hydrogens (tertiary/aromatic N) is 4. The number of hydrogen-bond donors (Lipinski definition) is 1. The molecule has 2 aliphatic rings. The second kappa shape index (κ2) is 6.12. The van der Waals surface area contributed by atoms with Crippen LogP contribution in [-0.4, -0.2) is 31.9 Å². The van der Waals surface area contributed by atoms with Crippen LogP contribution in [-0.2, 0) is 0 Å². The van der Waals surface area contributed by atoms with E-state index in [1.807, 2.05) is 0 Å². The number of amides is 1. The molecule has 0 spiro atoms. The molecule has 8 heteroatoms. The van der Waals surface area contributed by atoms with Crippen LogP contribution in [0.4, 0.5) is 5.69 Å². The minimum Gasteiger partial charge on any atom is -0.347 e. The SMILES string of the molecule is Cc1c(C(=O)NC2CC3CCC2(C)C3(C)C)nnn1-c1cccc([N+](=O)[O-])c1. The van der Waals surface area contributed by atoms with Gasteiger partial charge in [-0.1, -0.05) is 32.1 Å². The van der Waals surface area contributed by atoms with Crippen LogP contribution in [0.15, 0.2) is 24.3 Å². The Hall–Kier alpha value is -2.77. The molecule has 0 radical (unpaired) electrons. The Labute approximate surface area is 163 Å². The number of non-ortho nitro benzene ring substituents is 1. The molecular formula is C20H25N5O3. The largest absolute Gasteiger partial charge is 0.347 e. The second-order valence-electron chi connectivity index (χ2n) is 8.85. The Morgan fingerprint density at radius 1 is 1.36 bits per heavy atom. The van der Waals surface area contributed by atoms with E-state index in [1.54, 1.807) is 19.1 Å². The molecule has 1 N–H and O–H groups in total. The number of nitro benzene ring substituents is 1. The van der Waals surface area contributed by atoms with Gasteiger partial charge in [-0.15, -0.1) is 5.10 Å². The maximum Gasteiger partial charge on any atom is 0.274 e. The molecule has 2 aliphatic carbocycles. The fourth-order valence-electron chi connectivity index (χ4n) is 5.17. The van der Waals surface area contributed by atoms with E-state index in [0.29, 0.717) is 17.3 Å². The molecule has 28 heavy (non-hydrogen) atoms. The monoisotopic (exact) mass is 383 g/mol. The number of carbonyl (C=O) groups excluding carboxylic acids is 1. The Kier molecular flexibility index (Phi) is 4.06. The summed E-state index contributed by atoms with van der Waals surface area (Å²) in [6.07, 6.45) is 3.33. The third kappa shape index (κ3) is 2.54. The van der Waals surface area contributed by atoms with Gasteiger partial charge in [0.1, 0.15) is 0 Å². The Morgan fingerprint density at radius 3 is 2.71 bits per heavy atom. The van der Waals surface area contributed by atoms with Gasteiger partial charge in [0.15, 0.2) is 5.69 Å². The van der Waals surface area contributed by atoms with E-state index < -0.39 is 4.92 Å². The van der Waals surface area contributed by atoms with Gasteiger partial charge in [-0.2, -0.15) is 0 Å². The molecule has 2 fully saturated rings. The highest BCUT2D eigenvalue weighted by Crippen LogP contribution is 2.65. The molecule has 4 rings (SSSR count). The van der Waals surface area contributed by atoms with Crippen LogP contribution < -0.4 is 5.32 Å². The van der Waals surface area contributed by atoms with Crippen LogP contribution >= 0.6 is 0 Å². The highest BCUT2D eigenvalue weighted by atomic mass is 16.6. The number of nitrogens with one attached hydrogen (secondary N) is 1. The Balaban J connectivity index is 1.58. The van der Waals surface area contributed by atoms with Gasteiger partial charge >= 0.3 is 0 Å². The summed E-state index contributed by atoms with van der Waals surface area (Å²) in [5.74, 6) is 0.396. The first-order valence-corrected chi connectivity index (χ1v) is 9.63. The summed E-state index contributed by atoms with van der Waals surface area (Å²) in [5.41, 5.74) is 1.58. The van der Waals surface area contributed by atoms with E-state index in [1.165, 1.54) is 23.2 Å². The number of benzene rings is 1. The number of hydrogen-bond acceptors (Lipinski definition) is 5. The lowest BCUT2D eigenvalue weighted by atomic mass is 9.69. The molecule has 3 atom stereocenters. The molecule has 1 heterocycles. The number of carbonyl (C=O) groups is 1. The minimum absolute atomic E-state index is 0.0319. The highest BCUT2D eigenvalue weighted by Gasteiger charge is 2.61. The average Bonchev–Trinajstić information content (AvgIpc) is 3.20. The fraction of sp³-hybridized carbons (Fsp3) is 0.550. The summed E-state index contributed by atoms with van der Waals surface area (Å²) in [6, 6.07) is 6.25. The molecule has 1 amide bonds. The second-order valence-corrected chi connectivity index (χ2v) is 8.85. The van der Waals surface area contributed by atoms with Gasteiger partial charge in [0.2, 0.25) is 0 Å².